The Bertz CT molecular complexity index is 143. The quantitative estimate of drug-likeness (QED) is 0.640. The van der Waals surface area contributed by atoms with Crippen molar-refractivity contribution in [3.05, 3.63) is 0 Å². The lowest BCUT2D eigenvalue weighted by Gasteiger charge is -2.29. The summed E-state index contributed by atoms with van der Waals surface area (Å²) in [6, 6.07) is 0. The predicted molar refractivity (Wildman–Crippen MR) is 62.4 cm³/mol. The van der Waals surface area contributed by atoms with Crippen molar-refractivity contribution >= 4 is 23.2 Å². The highest BCUT2D eigenvalue weighted by atomic mass is 35.5. The van der Waals surface area contributed by atoms with Crippen LogP contribution in [0.1, 0.15) is 39.0 Å². The molecule has 84 valence electrons. The Morgan fingerprint density at radius 1 is 1.36 bits per heavy atom. The van der Waals surface area contributed by atoms with Crippen molar-refractivity contribution in [1.82, 2.24) is 0 Å². The molecule has 1 nitrogen and oxygen atoms in total. The lowest BCUT2D eigenvalue weighted by molar-refractivity contribution is 0.0919. The molecule has 1 aliphatic heterocycles. The molecule has 14 heavy (non-hydrogen) atoms. The molecule has 0 radical (unpaired) electrons. The van der Waals surface area contributed by atoms with Gasteiger partial charge in [0.25, 0.3) is 0 Å². The Kier molecular flexibility index (Phi) is 5.58. The van der Waals surface area contributed by atoms with Crippen molar-refractivity contribution in [1.29, 1.82) is 0 Å². The molecule has 0 bridgehead atoms. The SMILES string of the molecule is CCC(CCl)(CCl)CCC1CCCO1. The molecule has 1 atom stereocenters. The van der Waals surface area contributed by atoms with Crippen LogP contribution in [-0.4, -0.2) is 24.5 Å². The van der Waals surface area contributed by atoms with E-state index in [1.807, 2.05) is 0 Å². The predicted octanol–water partition coefficient (Wildman–Crippen LogP) is 3.82. The first-order chi connectivity index (χ1) is 6.76. The number of ether oxygens (including phenoxy) is 1. The number of alkyl halides is 2. The molecule has 1 rings (SSSR count). The fourth-order valence-corrected chi connectivity index (χ4v) is 2.81. The molecular formula is C11H20Cl2O. The van der Waals surface area contributed by atoms with Crippen LogP contribution in [0.5, 0.6) is 0 Å². The van der Waals surface area contributed by atoms with Crippen molar-refractivity contribution in [2.75, 3.05) is 18.4 Å². The van der Waals surface area contributed by atoms with Gasteiger partial charge >= 0.3 is 0 Å². The van der Waals surface area contributed by atoms with E-state index in [-0.39, 0.29) is 5.41 Å². The van der Waals surface area contributed by atoms with Gasteiger partial charge in [0.1, 0.15) is 0 Å². The van der Waals surface area contributed by atoms with Crippen LogP contribution in [0.15, 0.2) is 0 Å². The third-order valence-corrected chi connectivity index (χ3v) is 4.47. The summed E-state index contributed by atoms with van der Waals surface area (Å²) >= 11 is 12.0. The third kappa shape index (κ3) is 3.29. The van der Waals surface area contributed by atoms with Gasteiger partial charge in [-0.25, -0.2) is 0 Å². The van der Waals surface area contributed by atoms with Crippen molar-refractivity contribution in [2.45, 2.75) is 45.1 Å². The smallest absolute Gasteiger partial charge is 0.0576 e. The summed E-state index contributed by atoms with van der Waals surface area (Å²) in [5.41, 5.74) is 0.134. The largest absolute Gasteiger partial charge is 0.378 e. The summed E-state index contributed by atoms with van der Waals surface area (Å²) in [5.74, 6) is 1.33. The minimum absolute atomic E-state index is 0.134. The van der Waals surface area contributed by atoms with Gasteiger partial charge in [0.15, 0.2) is 0 Å². The molecule has 0 saturated carbocycles. The van der Waals surface area contributed by atoms with Gasteiger partial charge in [-0.2, -0.15) is 0 Å². The Morgan fingerprint density at radius 3 is 2.50 bits per heavy atom. The second kappa shape index (κ2) is 6.19. The molecule has 0 N–H and O–H groups in total. The van der Waals surface area contributed by atoms with Crippen LogP contribution in [0.3, 0.4) is 0 Å². The van der Waals surface area contributed by atoms with Crippen LogP contribution in [0, 0.1) is 5.41 Å². The van der Waals surface area contributed by atoms with Gasteiger partial charge in [0.2, 0.25) is 0 Å². The molecule has 1 saturated heterocycles. The molecule has 1 fully saturated rings. The Morgan fingerprint density at radius 2 is 2.07 bits per heavy atom. The van der Waals surface area contributed by atoms with Crippen LogP contribution in [0.4, 0.5) is 0 Å². The Balaban J connectivity index is 2.31. The zero-order valence-corrected chi connectivity index (χ0v) is 10.4. The minimum Gasteiger partial charge on any atom is -0.378 e. The Labute approximate surface area is 97.1 Å². The monoisotopic (exact) mass is 238 g/mol. The average Bonchev–Trinajstić information content (AvgIpc) is 2.74. The lowest BCUT2D eigenvalue weighted by atomic mass is 9.83. The first-order valence-corrected chi connectivity index (χ1v) is 6.57. The van der Waals surface area contributed by atoms with Gasteiger partial charge in [0, 0.05) is 18.4 Å². The number of rotatable bonds is 6. The van der Waals surface area contributed by atoms with Crippen molar-refractivity contribution < 1.29 is 4.74 Å². The van der Waals surface area contributed by atoms with E-state index in [1.165, 1.54) is 12.8 Å². The molecule has 0 aromatic heterocycles. The van der Waals surface area contributed by atoms with Crippen LogP contribution in [0.2, 0.25) is 0 Å². The lowest BCUT2D eigenvalue weighted by Crippen LogP contribution is -2.26. The number of hydrogen-bond donors (Lipinski definition) is 0. The maximum atomic E-state index is 5.98. The van der Waals surface area contributed by atoms with Crippen LogP contribution in [0.25, 0.3) is 0 Å². The van der Waals surface area contributed by atoms with E-state index in [4.69, 9.17) is 27.9 Å². The highest BCUT2D eigenvalue weighted by Crippen LogP contribution is 2.33. The minimum atomic E-state index is 0.134. The van der Waals surface area contributed by atoms with E-state index >= 15 is 0 Å². The molecule has 3 heteroatoms. The summed E-state index contributed by atoms with van der Waals surface area (Å²) in [6.45, 7) is 3.10. The van der Waals surface area contributed by atoms with E-state index in [1.54, 1.807) is 0 Å². The normalized spacial score (nSPS) is 22.9. The van der Waals surface area contributed by atoms with Gasteiger partial charge in [-0.15, -0.1) is 23.2 Å². The maximum absolute atomic E-state index is 5.98. The second-order valence-corrected chi connectivity index (χ2v) is 4.83. The molecule has 0 aromatic rings. The van der Waals surface area contributed by atoms with Gasteiger partial charge in [0.05, 0.1) is 6.10 Å². The summed E-state index contributed by atoms with van der Waals surface area (Å²) in [4.78, 5) is 0. The van der Waals surface area contributed by atoms with Crippen molar-refractivity contribution in [3.8, 4) is 0 Å². The summed E-state index contributed by atoms with van der Waals surface area (Å²) in [7, 11) is 0. The first kappa shape index (κ1) is 12.6. The summed E-state index contributed by atoms with van der Waals surface area (Å²) in [6.07, 6.45) is 6.17. The summed E-state index contributed by atoms with van der Waals surface area (Å²) < 4.78 is 5.60. The zero-order valence-electron chi connectivity index (χ0n) is 8.90. The van der Waals surface area contributed by atoms with Gasteiger partial charge in [-0.1, -0.05) is 6.92 Å². The second-order valence-electron chi connectivity index (χ2n) is 4.29. The maximum Gasteiger partial charge on any atom is 0.0576 e. The van der Waals surface area contributed by atoms with Crippen molar-refractivity contribution in [3.63, 3.8) is 0 Å². The average molecular weight is 239 g/mol. The van der Waals surface area contributed by atoms with E-state index in [0.29, 0.717) is 17.9 Å². The first-order valence-electron chi connectivity index (χ1n) is 5.50. The van der Waals surface area contributed by atoms with Crippen molar-refractivity contribution in [2.24, 2.45) is 5.41 Å². The van der Waals surface area contributed by atoms with Crippen LogP contribution in [-0.2, 0) is 4.74 Å². The molecule has 1 heterocycles. The molecule has 1 aliphatic rings. The number of hydrogen-bond acceptors (Lipinski definition) is 1. The van der Waals surface area contributed by atoms with E-state index in [0.717, 1.165) is 25.9 Å². The molecule has 1 unspecified atom stereocenters. The topological polar surface area (TPSA) is 9.23 Å². The van der Waals surface area contributed by atoms with Gasteiger partial charge < -0.3 is 4.74 Å². The van der Waals surface area contributed by atoms with Crippen LogP contribution < -0.4 is 0 Å². The van der Waals surface area contributed by atoms with Gasteiger partial charge in [-0.05, 0) is 37.5 Å². The fourth-order valence-electron chi connectivity index (χ4n) is 1.87. The Hall–Kier alpha value is 0.540. The zero-order chi connectivity index (χ0) is 10.4. The van der Waals surface area contributed by atoms with E-state index < -0.39 is 0 Å². The summed E-state index contributed by atoms with van der Waals surface area (Å²) in [5, 5.41) is 0. The van der Waals surface area contributed by atoms with E-state index in [2.05, 4.69) is 6.92 Å². The van der Waals surface area contributed by atoms with Crippen LogP contribution >= 0.6 is 23.2 Å². The fraction of sp³-hybridized carbons (Fsp3) is 1.00. The number of halogens is 2. The molecule has 0 aliphatic carbocycles. The van der Waals surface area contributed by atoms with E-state index in [9.17, 15) is 0 Å². The molecular weight excluding hydrogens is 219 g/mol. The molecule has 0 aromatic carbocycles. The highest BCUT2D eigenvalue weighted by molar-refractivity contribution is 6.21. The van der Waals surface area contributed by atoms with Gasteiger partial charge in [-0.3, -0.25) is 0 Å². The molecule has 0 amide bonds. The standard InChI is InChI=1S/C11H20Cl2O/c1-2-11(8-12,9-13)6-5-10-4-3-7-14-10/h10H,2-9H2,1H3. The molecule has 0 spiro atoms. The third-order valence-electron chi connectivity index (χ3n) is 3.34. The highest BCUT2D eigenvalue weighted by Gasteiger charge is 2.28.